The highest BCUT2D eigenvalue weighted by Gasteiger charge is 2.64. The van der Waals surface area contributed by atoms with Crippen LogP contribution in [0.4, 0.5) is 5.69 Å². The van der Waals surface area contributed by atoms with Crippen LogP contribution in [0.1, 0.15) is 102 Å². The molecule has 0 aromatic heterocycles. The SMILES string of the molecule is C=C1NC(=O)CC[C@@H]1N1C(=O)c2cccc(CCCCCOCCN3CCN(c4ccc(C(=O)NC5C(C)(C)C(Oc6ccc(C#N)c(Cl)c6)C5(C)C)cc4)CC3)c2C1=O. The van der Waals surface area contributed by atoms with Crippen molar-refractivity contribution in [3.05, 3.63) is 106 Å². The van der Waals surface area contributed by atoms with Gasteiger partial charge >= 0.3 is 0 Å². The summed E-state index contributed by atoms with van der Waals surface area (Å²) in [5.74, 6) is -0.278. The van der Waals surface area contributed by atoms with E-state index in [1.54, 1.807) is 24.3 Å². The predicted molar refractivity (Wildman–Crippen MR) is 230 cm³/mol. The molecule has 60 heavy (non-hydrogen) atoms. The molecule has 13 heteroatoms. The number of halogens is 1. The minimum absolute atomic E-state index is 0.112. The number of hydrogen-bond acceptors (Lipinski definition) is 9. The summed E-state index contributed by atoms with van der Waals surface area (Å²) in [7, 11) is 0. The number of piperazine rings is 1. The van der Waals surface area contributed by atoms with Crippen molar-refractivity contribution >= 4 is 40.9 Å². The molecular formula is C47H55ClN6O6. The summed E-state index contributed by atoms with van der Waals surface area (Å²) in [4.78, 5) is 57.9. The van der Waals surface area contributed by atoms with Crippen molar-refractivity contribution in [1.82, 2.24) is 20.4 Å². The summed E-state index contributed by atoms with van der Waals surface area (Å²) in [5.41, 5.74) is 3.61. The lowest BCUT2D eigenvalue weighted by atomic mass is 9.49. The number of nitriles is 1. The van der Waals surface area contributed by atoms with E-state index in [2.05, 4.69) is 60.8 Å². The fourth-order valence-electron chi connectivity index (χ4n) is 9.77. The number of carbonyl (C=O) groups excluding carboxylic acids is 4. The average molecular weight is 835 g/mol. The van der Waals surface area contributed by atoms with E-state index >= 15 is 0 Å². The number of anilines is 1. The third kappa shape index (κ3) is 8.67. The van der Waals surface area contributed by atoms with Gasteiger partial charge in [-0.2, -0.15) is 5.26 Å². The number of amides is 4. The number of fused-ring (bicyclic) bond motifs is 1. The van der Waals surface area contributed by atoms with Crippen molar-refractivity contribution in [1.29, 1.82) is 5.26 Å². The number of ether oxygens (including phenoxy) is 2. The highest BCUT2D eigenvalue weighted by atomic mass is 35.5. The van der Waals surface area contributed by atoms with E-state index in [1.807, 2.05) is 36.4 Å². The highest BCUT2D eigenvalue weighted by molar-refractivity contribution is 6.31. The van der Waals surface area contributed by atoms with E-state index in [9.17, 15) is 24.4 Å². The quantitative estimate of drug-likeness (QED) is 0.125. The normalized spacial score (nSPS) is 22.2. The number of nitrogens with one attached hydrogen (secondary N) is 2. The monoisotopic (exact) mass is 834 g/mol. The van der Waals surface area contributed by atoms with Crippen molar-refractivity contribution in [2.45, 2.75) is 84.4 Å². The van der Waals surface area contributed by atoms with Crippen LogP contribution < -0.4 is 20.3 Å². The Morgan fingerprint density at radius 1 is 0.950 bits per heavy atom. The Kier molecular flexibility index (Phi) is 12.7. The number of carbonyl (C=O) groups is 4. The highest BCUT2D eigenvalue weighted by Crippen LogP contribution is 2.55. The van der Waals surface area contributed by atoms with Gasteiger partial charge in [-0.25, -0.2) is 0 Å². The molecule has 7 rings (SSSR count). The average Bonchev–Trinajstić information content (AvgIpc) is 3.48. The van der Waals surface area contributed by atoms with E-state index in [1.165, 1.54) is 4.90 Å². The second-order valence-corrected chi connectivity index (χ2v) is 18.0. The number of unbranched alkanes of at least 4 members (excludes halogenated alkanes) is 2. The van der Waals surface area contributed by atoms with Crippen LogP contribution in [0.3, 0.4) is 0 Å². The van der Waals surface area contributed by atoms with Crippen LogP contribution in [-0.4, -0.2) is 97.6 Å². The molecule has 12 nitrogen and oxygen atoms in total. The van der Waals surface area contributed by atoms with Crippen molar-refractivity contribution in [3.8, 4) is 11.8 Å². The summed E-state index contributed by atoms with van der Waals surface area (Å²) in [6.45, 7) is 18.1. The van der Waals surface area contributed by atoms with Crippen LogP contribution in [0.5, 0.6) is 5.75 Å². The second-order valence-electron chi connectivity index (χ2n) is 17.5. The number of rotatable bonds is 15. The smallest absolute Gasteiger partial charge is 0.262 e. The summed E-state index contributed by atoms with van der Waals surface area (Å²) in [6.07, 6.45) is 3.91. The molecule has 0 radical (unpaired) electrons. The summed E-state index contributed by atoms with van der Waals surface area (Å²) in [6, 6.07) is 19.8. The maximum Gasteiger partial charge on any atom is 0.262 e. The van der Waals surface area contributed by atoms with Gasteiger partial charge in [0.25, 0.3) is 17.7 Å². The number of benzene rings is 3. The Labute approximate surface area is 357 Å². The lowest BCUT2D eigenvalue weighted by molar-refractivity contribution is -0.164. The van der Waals surface area contributed by atoms with Crippen molar-refractivity contribution in [2.75, 3.05) is 50.8 Å². The van der Waals surface area contributed by atoms with Crippen molar-refractivity contribution < 1.29 is 28.7 Å². The van der Waals surface area contributed by atoms with Gasteiger partial charge in [0.2, 0.25) is 5.91 Å². The molecule has 0 bridgehead atoms. The minimum Gasteiger partial charge on any atom is -0.489 e. The first kappa shape index (κ1) is 42.9. The van der Waals surface area contributed by atoms with Gasteiger partial charge in [-0.3, -0.25) is 29.0 Å². The standard InChI is InChI=1S/C47H55ClN6O6/c1-30-38(19-20-39(55)50-30)54-42(57)36-12-9-11-31(40(36)43(54)58)10-7-6-8-26-59-27-25-52-21-23-53(24-22-52)34-16-13-32(14-17-34)41(56)51-44-46(2,3)45(47(44,4)5)60-35-18-15-33(29-49)37(48)28-35/h9,11-18,28,38,44-45H,1,6-8,10,19-27H2,2-5H3,(H,50,55)(H,51,56)/t38-,44?,45?/m0/s1. The Balaban J connectivity index is 0.785. The van der Waals surface area contributed by atoms with Crippen LogP contribution in [0, 0.1) is 22.2 Å². The second kappa shape index (κ2) is 17.8. The molecule has 4 aliphatic rings. The molecular weight excluding hydrogens is 780 g/mol. The molecule has 3 aromatic rings. The van der Waals surface area contributed by atoms with Gasteiger partial charge in [-0.05, 0) is 73.7 Å². The van der Waals surface area contributed by atoms with Crippen LogP contribution in [0.2, 0.25) is 5.02 Å². The molecule has 1 atom stereocenters. The molecule has 2 saturated heterocycles. The summed E-state index contributed by atoms with van der Waals surface area (Å²) < 4.78 is 12.4. The fourth-order valence-corrected chi connectivity index (χ4v) is 9.98. The Morgan fingerprint density at radius 3 is 2.37 bits per heavy atom. The van der Waals surface area contributed by atoms with Gasteiger partial charge in [0, 0.05) is 85.6 Å². The van der Waals surface area contributed by atoms with Gasteiger partial charge in [-0.15, -0.1) is 0 Å². The lowest BCUT2D eigenvalue weighted by Crippen LogP contribution is -2.74. The van der Waals surface area contributed by atoms with Gasteiger partial charge < -0.3 is 25.0 Å². The molecule has 3 fully saturated rings. The maximum atomic E-state index is 13.5. The number of hydrogen-bond donors (Lipinski definition) is 2. The van der Waals surface area contributed by atoms with E-state index in [0.29, 0.717) is 64.8 Å². The molecule has 2 N–H and O–H groups in total. The fraction of sp³-hybridized carbons (Fsp3) is 0.468. The van der Waals surface area contributed by atoms with Gasteiger partial charge in [0.1, 0.15) is 17.9 Å². The third-order valence-electron chi connectivity index (χ3n) is 12.8. The predicted octanol–water partition coefficient (Wildman–Crippen LogP) is 6.76. The Hall–Kier alpha value is -5.22. The molecule has 1 saturated carbocycles. The zero-order valence-corrected chi connectivity index (χ0v) is 35.8. The molecule has 0 unspecified atom stereocenters. The largest absolute Gasteiger partial charge is 0.489 e. The minimum atomic E-state index is -0.524. The van der Waals surface area contributed by atoms with E-state index in [-0.39, 0.29) is 53.0 Å². The van der Waals surface area contributed by atoms with Gasteiger partial charge in [-0.1, -0.05) is 64.4 Å². The zero-order chi connectivity index (χ0) is 42.8. The van der Waals surface area contributed by atoms with Gasteiger partial charge in [0.15, 0.2) is 0 Å². The van der Waals surface area contributed by atoms with E-state index in [0.717, 1.165) is 63.2 Å². The zero-order valence-electron chi connectivity index (χ0n) is 35.0. The first-order chi connectivity index (χ1) is 28.7. The molecule has 1 aliphatic carbocycles. The first-order valence-electron chi connectivity index (χ1n) is 21.0. The van der Waals surface area contributed by atoms with Crippen LogP contribution in [0.15, 0.2) is 72.9 Å². The Bertz CT molecular complexity index is 2170. The molecule has 0 spiro atoms. The molecule has 3 aromatic carbocycles. The molecule has 4 amide bonds. The third-order valence-corrected chi connectivity index (χ3v) is 13.1. The lowest BCUT2D eigenvalue weighted by Gasteiger charge is -2.63. The van der Waals surface area contributed by atoms with Crippen molar-refractivity contribution in [3.63, 3.8) is 0 Å². The number of piperidine rings is 1. The van der Waals surface area contributed by atoms with Gasteiger partial charge in [0.05, 0.1) is 34.4 Å². The number of aryl methyl sites for hydroxylation is 1. The van der Waals surface area contributed by atoms with E-state index < -0.39 is 6.04 Å². The summed E-state index contributed by atoms with van der Waals surface area (Å²) in [5, 5.41) is 15.5. The molecule has 316 valence electrons. The summed E-state index contributed by atoms with van der Waals surface area (Å²) >= 11 is 6.25. The van der Waals surface area contributed by atoms with Crippen LogP contribution >= 0.6 is 11.6 Å². The molecule has 3 aliphatic heterocycles. The van der Waals surface area contributed by atoms with E-state index in [4.69, 9.17) is 21.1 Å². The maximum absolute atomic E-state index is 13.5. The first-order valence-corrected chi connectivity index (χ1v) is 21.4. The topological polar surface area (TPSA) is 144 Å². The van der Waals surface area contributed by atoms with Crippen LogP contribution in [0.25, 0.3) is 0 Å². The Morgan fingerprint density at radius 2 is 1.68 bits per heavy atom. The number of imide groups is 1. The molecule has 3 heterocycles. The van der Waals surface area contributed by atoms with Crippen molar-refractivity contribution in [2.24, 2.45) is 10.8 Å². The van der Waals surface area contributed by atoms with Crippen LogP contribution in [-0.2, 0) is 16.0 Å². The number of nitrogens with zero attached hydrogens (tertiary/aromatic N) is 4.